The van der Waals surface area contributed by atoms with Gasteiger partial charge in [0.25, 0.3) is 0 Å². The first-order chi connectivity index (χ1) is 25.9. The van der Waals surface area contributed by atoms with Crippen LogP contribution in [0.25, 0.3) is 0 Å². The maximum Gasteiger partial charge on any atom is 0.364 e. The Morgan fingerprint density at radius 1 is 0.463 bits per heavy atom. The lowest BCUT2D eigenvalue weighted by molar-refractivity contribution is -0.141. The van der Waals surface area contributed by atoms with Crippen LogP contribution in [0.2, 0.25) is 0 Å². The fourth-order valence-corrected chi connectivity index (χ4v) is 5.31. The number of hydrogen-bond donors (Lipinski definition) is 0. The maximum absolute atomic E-state index is 13.3. The predicted molar refractivity (Wildman–Crippen MR) is 213 cm³/mol. The van der Waals surface area contributed by atoms with Crippen LogP contribution in [0.4, 0.5) is 0 Å². The van der Waals surface area contributed by atoms with Gasteiger partial charge in [0.05, 0.1) is 75.6 Å². The van der Waals surface area contributed by atoms with Crippen LogP contribution in [0.5, 0.6) is 0 Å². The molecule has 18 nitrogen and oxygen atoms in total. The van der Waals surface area contributed by atoms with Crippen molar-refractivity contribution in [1.82, 2.24) is 13.7 Å². The van der Waals surface area contributed by atoms with Crippen LogP contribution in [0, 0.1) is 0 Å². The molecule has 1 aromatic rings. The summed E-state index contributed by atoms with van der Waals surface area (Å²) in [6.45, 7) is 4.66. The van der Waals surface area contributed by atoms with E-state index >= 15 is 0 Å². The Bertz CT molecular complexity index is 1330. The van der Waals surface area contributed by atoms with E-state index in [0.717, 1.165) is 52.2 Å². The standard InChI is InChI=1S/C30H45N3O15S6/c1-4-7-13-40-22(34)19-52-46-28(49)43-16-10-31-25(37)32(11-17-44-29(50)47-53-20-23(35)41-14-8-5-2)27(39)33(26(31)38)12-18-45-30(51)48-54-21-24(36)42-15-9-6-3/h4-21H2,1-3H3. The van der Waals surface area contributed by atoms with Gasteiger partial charge >= 0.3 is 50.7 Å². The van der Waals surface area contributed by atoms with Crippen LogP contribution in [0.3, 0.4) is 0 Å². The summed E-state index contributed by atoms with van der Waals surface area (Å²) in [5.74, 6) is -1.94. The molecular formula is C30H45N3O15S6. The third kappa shape index (κ3) is 21.7. The van der Waals surface area contributed by atoms with Crippen LogP contribution in [0.1, 0.15) is 59.3 Å². The molecule has 0 aliphatic rings. The van der Waals surface area contributed by atoms with Crippen molar-refractivity contribution in [2.24, 2.45) is 0 Å². The highest BCUT2D eigenvalue weighted by Gasteiger charge is 2.18. The molecule has 0 spiro atoms. The van der Waals surface area contributed by atoms with E-state index in [1.54, 1.807) is 0 Å². The molecule has 0 bridgehead atoms. The minimum atomic E-state index is -0.998. The monoisotopic (exact) mass is 879 g/mol. The van der Waals surface area contributed by atoms with Crippen molar-refractivity contribution in [3.8, 4) is 0 Å². The molecule has 0 aromatic carbocycles. The Kier molecular flexibility index (Phi) is 27.4. The summed E-state index contributed by atoms with van der Waals surface area (Å²) in [4.78, 5) is 75.1. The van der Waals surface area contributed by atoms with Crippen molar-refractivity contribution >= 4 is 106 Å². The molecule has 0 aliphatic heterocycles. The lowest BCUT2D eigenvalue weighted by atomic mass is 10.4. The Balaban J connectivity index is 2.89. The van der Waals surface area contributed by atoms with Crippen LogP contribution < -0.4 is 17.1 Å². The van der Waals surface area contributed by atoms with Gasteiger partial charge in [-0.15, -0.1) is 0 Å². The average molecular weight is 880 g/mol. The number of esters is 3. The summed E-state index contributed by atoms with van der Waals surface area (Å²) < 4.78 is 48.5. The van der Waals surface area contributed by atoms with E-state index in [2.05, 4.69) is 0 Å². The van der Waals surface area contributed by atoms with E-state index < -0.39 is 35.0 Å². The van der Waals surface area contributed by atoms with Crippen molar-refractivity contribution in [3.63, 3.8) is 0 Å². The molecular weight excluding hydrogens is 835 g/mol. The smallest absolute Gasteiger partial charge is 0.364 e. The van der Waals surface area contributed by atoms with Gasteiger partial charge in [0.15, 0.2) is 0 Å². The molecule has 1 rings (SSSR count). The highest BCUT2D eigenvalue weighted by atomic mass is 32.2. The number of aromatic nitrogens is 3. The van der Waals surface area contributed by atoms with Crippen molar-refractivity contribution in [1.29, 1.82) is 0 Å². The van der Waals surface area contributed by atoms with Gasteiger partial charge < -0.3 is 41.0 Å². The molecule has 0 aliphatic carbocycles. The number of nitrogens with zero attached hydrogens (tertiary/aromatic N) is 3. The minimum absolute atomic E-state index is 0.149. The van der Waals surface area contributed by atoms with Gasteiger partial charge in [-0.1, -0.05) is 40.0 Å². The topological polar surface area (TPSA) is 200 Å². The molecule has 306 valence electrons. The molecule has 24 heteroatoms. The maximum atomic E-state index is 13.3. The Hall–Kier alpha value is -3.06. The van der Waals surface area contributed by atoms with Gasteiger partial charge in [-0.2, -0.15) is 0 Å². The SMILES string of the molecule is CCCCOC(=O)CSOC(=S)OCCn1c(=O)n(CCOC(=S)OSCC(=O)OCCCC)c(=O)n(CCOC(=S)OSCC(=O)OCCCC)c1=O. The van der Waals surface area contributed by atoms with Crippen LogP contribution in [-0.2, 0) is 75.0 Å². The number of unbranched alkanes of at least 4 members (excludes halogenated alkanes) is 3. The zero-order valence-electron chi connectivity index (χ0n) is 30.1. The molecule has 0 unspecified atom stereocenters. The first-order valence-electron chi connectivity index (χ1n) is 16.7. The number of carbonyl (C=O) groups excluding carboxylic acids is 3. The fraction of sp³-hybridized carbons (Fsp3) is 0.700. The van der Waals surface area contributed by atoms with E-state index in [4.69, 9.17) is 77.6 Å². The number of hydrogen-bond acceptors (Lipinski definition) is 21. The van der Waals surface area contributed by atoms with Crippen molar-refractivity contribution < 1.29 is 55.4 Å². The van der Waals surface area contributed by atoms with E-state index in [1.165, 1.54) is 0 Å². The highest BCUT2D eigenvalue weighted by Crippen LogP contribution is 2.08. The second kappa shape index (κ2) is 30.2. The van der Waals surface area contributed by atoms with Gasteiger partial charge in [-0.05, 0) is 19.3 Å². The lowest BCUT2D eigenvalue weighted by Crippen LogP contribution is -2.55. The molecule has 0 radical (unpaired) electrons. The highest BCUT2D eigenvalue weighted by molar-refractivity contribution is 7.97. The Morgan fingerprint density at radius 3 is 0.963 bits per heavy atom. The first-order valence-corrected chi connectivity index (χ1v) is 20.7. The summed E-state index contributed by atoms with van der Waals surface area (Å²) in [6.07, 6.45) is 4.79. The van der Waals surface area contributed by atoms with Gasteiger partial charge in [-0.25, -0.2) is 28.1 Å². The molecule has 54 heavy (non-hydrogen) atoms. The summed E-state index contributed by atoms with van der Waals surface area (Å²) in [6, 6.07) is 0. The van der Waals surface area contributed by atoms with Gasteiger partial charge in [0.2, 0.25) is 0 Å². The summed E-state index contributed by atoms with van der Waals surface area (Å²) in [5, 5.41) is -1.11. The van der Waals surface area contributed by atoms with Crippen molar-refractivity contribution in [2.75, 3.05) is 56.9 Å². The zero-order chi connectivity index (χ0) is 40.1. The zero-order valence-corrected chi connectivity index (χ0v) is 35.0. The number of thiocarbonyl (C=S) groups is 3. The summed E-state index contributed by atoms with van der Waals surface area (Å²) in [5.41, 5.74) is -2.99. The molecule has 0 amide bonds. The lowest BCUT2D eigenvalue weighted by Gasteiger charge is -2.15. The van der Waals surface area contributed by atoms with Gasteiger partial charge in [0, 0.05) is 36.7 Å². The quantitative estimate of drug-likeness (QED) is 0.0410. The first kappa shape index (κ1) is 49.0. The van der Waals surface area contributed by atoms with Crippen LogP contribution >= 0.6 is 72.8 Å². The minimum Gasteiger partial charge on any atom is -0.465 e. The predicted octanol–water partition coefficient (Wildman–Crippen LogP) is 3.10. The number of ether oxygens (including phenoxy) is 6. The molecule has 0 fully saturated rings. The Labute approximate surface area is 341 Å². The number of carbonyl (C=O) groups is 3. The fourth-order valence-electron chi connectivity index (χ4n) is 3.48. The largest absolute Gasteiger partial charge is 0.465 e. The normalized spacial score (nSPS) is 10.5. The number of rotatable bonds is 27. The summed E-state index contributed by atoms with van der Waals surface area (Å²) in [7, 11) is 0. The second-order valence-corrected chi connectivity index (χ2v) is 13.4. The van der Waals surface area contributed by atoms with Gasteiger partial charge in [0.1, 0.15) is 37.1 Å². The van der Waals surface area contributed by atoms with E-state index in [-0.39, 0.29) is 92.2 Å². The molecule has 0 saturated heterocycles. The molecule has 0 atom stereocenters. The molecule has 0 N–H and O–H groups in total. The summed E-state index contributed by atoms with van der Waals surface area (Å²) >= 11 is 17.0. The molecule has 1 heterocycles. The van der Waals surface area contributed by atoms with Crippen molar-refractivity contribution in [3.05, 3.63) is 31.5 Å². The third-order valence-electron chi connectivity index (χ3n) is 6.18. The second-order valence-electron chi connectivity index (χ2n) is 10.4. The van der Waals surface area contributed by atoms with Gasteiger partial charge in [-0.3, -0.25) is 14.4 Å². The van der Waals surface area contributed by atoms with Crippen LogP contribution in [0.15, 0.2) is 14.4 Å². The van der Waals surface area contributed by atoms with Crippen molar-refractivity contribution in [2.45, 2.75) is 78.9 Å². The molecule has 1 aromatic heterocycles. The van der Waals surface area contributed by atoms with E-state index in [9.17, 15) is 28.8 Å². The Morgan fingerprint density at radius 2 is 0.722 bits per heavy atom. The van der Waals surface area contributed by atoms with Crippen LogP contribution in [-0.4, -0.2) is 104 Å². The van der Waals surface area contributed by atoms with E-state index in [1.807, 2.05) is 20.8 Å². The average Bonchev–Trinajstić information content (AvgIpc) is 3.13. The third-order valence-corrected chi connectivity index (χ3v) is 8.97. The molecule has 0 saturated carbocycles. The van der Waals surface area contributed by atoms with E-state index in [0.29, 0.717) is 36.1 Å².